The van der Waals surface area contributed by atoms with Gasteiger partial charge in [-0.1, -0.05) is 31.9 Å². The second-order valence-corrected chi connectivity index (χ2v) is 4.46. The highest BCUT2D eigenvalue weighted by molar-refractivity contribution is 5.92. The van der Waals surface area contributed by atoms with Gasteiger partial charge in [-0.25, -0.2) is 0 Å². The Labute approximate surface area is 115 Å². The largest absolute Gasteiger partial charge is 0.495 e. The molecule has 4 nitrogen and oxygen atoms in total. The van der Waals surface area contributed by atoms with E-state index >= 15 is 0 Å². The Balaban J connectivity index is 2.23. The molecule has 1 aromatic rings. The summed E-state index contributed by atoms with van der Waals surface area (Å²) in [6.45, 7) is 3.88. The zero-order valence-electron chi connectivity index (χ0n) is 11.9. The van der Waals surface area contributed by atoms with Gasteiger partial charge in [-0.2, -0.15) is 0 Å². The maximum absolute atomic E-state index is 11.8. The summed E-state index contributed by atoms with van der Waals surface area (Å²) in [4.78, 5) is 11.8. The fourth-order valence-corrected chi connectivity index (χ4v) is 1.79. The highest BCUT2D eigenvalue weighted by Crippen LogP contribution is 2.22. The molecule has 0 saturated carbocycles. The number of nitrogens with one attached hydrogen (secondary N) is 2. The fraction of sp³-hybridized carbons (Fsp3) is 0.533. The molecule has 19 heavy (non-hydrogen) atoms. The molecular weight excluding hydrogens is 240 g/mol. The van der Waals surface area contributed by atoms with E-state index in [2.05, 4.69) is 17.6 Å². The van der Waals surface area contributed by atoms with Gasteiger partial charge in [-0.15, -0.1) is 0 Å². The summed E-state index contributed by atoms with van der Waals surface area (Å²) >= 11 is 0. The van der Waals surface area contributed by atoms with E-state index in [0.29, 0.717) is 18.7 Å². The van der Waals surface area contributed by atoms with E-state index in [9.17, 15) is 4.79 Å². The Morgan fingerprint density at radius 1 is 1.21 bits per heavy atom. The monoisotopic (exact) mass is 264 g/mol. The predicted molar refractivity (Wildman–Crippen MR) is 78.6 cm³/mol. The highest BCUT2D eigenvalue weighted by Gasteiger charge is 2.05. The Morgan fingerprint density at radius 3 is 2.74 bits per heavy atom. The van der Waals surface area contributed by atoms with E-state index in [0.717, 1.165) is 12.2 Å². The molecule has 0 aromatic heterocycles. The maximum atomic E-state index is 11.8. The zero-order valence-corrected chi connectivity index (χ0v) is 11.9. The Kier molecular flexibility index (Phi) is 7.66. The van der Waals surface area contributed by atoms with Gasteiger partial charge in [0.05, 0.1) is 12.8 Å². The molecule has 0 spiro atoms. The summed E-state index contributed by atoms with van der Waals surface area (Å²) < 4.78 is 5.19. The van der Waals surface area contributed by atoms with Crippen molar-refractivity contribution in [3.8, 4) is 5.75 Å². The van der Waals surface area contributed by atoms with Crippen LogP contribution in [0.4, 0.5) is 5.69 Å². The van der Waals surface area contributed by atoms with Gasteiger partial charge in [0.1, 0.15) is 5.75 Å². The normalized spacial score (nSPS) is 10.2. The number of amides is 1. The van der Waals surface area contributed by atoms with Crippen molar-refractivity contribution in [3.05, 3.63) is 24.3 Å². The molecule has 4 heteroatoms. The summed E-state index contributed by atoms with van der Waals surface area (Å²) in [5.74, 6) is 0.694. The number of methoxy groups -OCH3 is 1. The third kappa shape index (κ3) is 6.25. The molecular formula is C15H24N2O2. The minimum atomic E-state index is 0.00694. The average molecular weight is 264 g/mol. The van der Waals surface area contributed by atoms with Gasteiger partial charge in [0.25, 0.3) is 0 Å². The quantitative estimate of drug-likeness (QED) is 0.674. The molecule has 0 heterocycles. The average Bonchev–Trinajstić information content (AvgIpc) is 2.43. The van der Waals surface area contributed by atoms with Crippen molar-refractivity contribution in [2.24, 2.45) is 0 Å². The smallest absolute Gasteiger partial charge is 0.225 e. The van der Waals surface area contributed by atoms with Crippen LogP contribution in [0.3, 0.4) is 0 Å². The first-order valence-electron chi connectivity index (χ1n) is 6.91. The molecule has 0 aliphatic carbocycles. The number of para-hydroxylation sites is 2. The molecule has 1 aromatic carbocycles. The molecule has 106 valence electrons. The number of hydrogen-bond acceptors (Lipinski definition) is 3. The minimum Gasteiger partial charge on any atom is -0.495 e. The van der Waals surface area contributed by atoms with E-state index in [-0.39, 0.29) is 5.91 Å². The van der Waals surface area contributed by atoms with Crippen LogP contribution in [0.5, 0.6) is 5.75 Å². The number of rotatable bonds is 9. The number of anilines is 1. The van der Waals surface area contributed by atoms with E-state index in [1.54, 1.807) is 7.11 Å². The predicted octanol–water partition coefficient (Wildman–Crippen LogP) is 2.80. The van der Waals surface area contributed by atoms with Gasteiger partial charge in [0.15, 0.2) is 0 Å². The summed E-state index contributed by atoms with van der Waals surface area (Å²) in [6, 6.07) is 7.43. The lowest BCUT2D eigenvalue weighted by molar-refractivity contribution is -0.116. The van der Waals surface area contributed by atoms with Gasteiger partial charge in [-0.05, 0) is 25.1 Å². The van der Waals surface area contributed by atoms with Crippen LogP contribution in [-0.2, 0) is 4.79 Å². The van der Waals surface area contributed by atoms with Crippen molar-refractivity contribution < 1.29 is 9.53 Å². The van der Waals surface area contributed by atoms with Crippen molar-refractivity contribution in [3.63, 3.8) is 0 Å². The first kappa shape index (κ1) is 15.5. The third-order valence-corrected chi connectivity index (χ3v) is 2.87. The molecule has 0 radical (unpaired) electrons. The van der Waals surface area contributed by atoms with E-state index in [1.165, 1.54) is 19.3 Å². The molecule has 1 amide bonds. The Bertz CT molecular complexity index is 380. The SMILES string of the molecule is CCCCCNCCC(=O)Nc1ccccc1OC. The molecule has 2 N–H and O–H groups in total. The molecule has 0 saturated heterocycles. The van der Waals surface area contributed by atoms with Crippen LogP contribution in [0.15, 0.2) is 24.3 Å². The molecule has 0 unspecified atom stereocenters. The zero-order chi connectivity index (χ0) is 13.9. The molecule has 1 rings (SSSR count). The van der Waals surface area contributed by atoms with Crippen molar-refractivity contribution in [1.82, 2.24) is 5.32 Å². The van der Waals surface area contributed by atoms with Gasteiger partial charge in [-0.3, -0.25) is 4.79 Å². The topological polar surface area (TPSA) is 50.4 Å². The molecule has 0 atom stereocenters. The van der Waals surface area contributed by atoms with Gasteiger partial charge < -0.3 is 15.4 Å². The first-order chi connectivity index (χ1) is 9.27. The molecule has 0 fully saturated rings. The third-order valence-electron chi connectivity index (χ3n) is 2.87. The summed E-state index contributed by atoms with van der Waals surface area (Å²) in [6.07, 6.45) is 4.10. The molecule has 0 bridgehead atoms. The van der Waals surface area contributed by atoms with E-state index in [1.807, 2.05) is 24.3 Å². The van der Waals surface area contributed by atoms with Crippen LogP contribution in [0.2, 0.25) is 0 Å². The standard InChI is InChI=1S/C15H24N2O2/c1-3-4-7-11-16-12-10-15(18)17-13-8-5-6-9-14(13)19-2/h5-6,8-9,16H,3-4,7,10-12H2,1-2H3,(H,17,18). The highest BCUT2D eigenvalue weighted by atomic mass is 16.5. The number of hydrogen-bond donors (Lipinski definition) is 2. The van der Waals surface area contributed by atoms with Crippen LogP contribution in [0.1, 0.15) is 32.6 Å². The van der Waals surface area contributed by atoms with Gasteiger partial charge in [0, 0.05) is 13.0 Å². The van der Waals surface area contributed by atoms with Crippen molar-refractivity contribution in [1.29, 1.82) is 0 Å². The van der Waals surface area contributed by atoms with Gasteiger partial charge in [0.2, 0.25) is 5.91 Å². The first-order valence-corrected chi connectivity index (χ1v) is 6.91. The number of carbonyl (C=O) groups is 1. The second-order valence-electron chi connectivity index (χ2n) is 4.46. The molecule has 0 aliphatic rings. The van der Waals surface area contributed by atoms with Crippen LogP contribution in [0.25, 0.3) is 0 Å². The van der Waals surface area contributed by atoms with Crippen LogP contribution >= 0.6 is 0 Å². The summed E-state index contributed by atoms with van der Waals surface area (Å²) in [5, 5.41) is 6.13. The van der Waals surface area contributed by atoms with Crippen LogP contribution in [0, 0.1) is 0 Å². The Hall–Kier alpha value is -1.55. The Morgan fingerprint density at radius 2 is 2.00 bits per heavy atom. The number of ether oxygens (including phenoxy) is 1. The second kappa shape index (κ2) is 9.39. The summed E-state index contributed by atoms with van der Waals surface area (Å²) in [7, 11) is 1.60. The maximum Gasteiger partial charge on any atom is 0.225 e. The number of benzene rings is 1. The van der Waals surface area contributed by atoms with Crippen molar-refractivity contribution in [2.45, 2.75) is 32.6 Å². The van der Waals surface area contributed by atoms with Crippen molar-refractivity contribution >= 4 is 11.6 Å². The number of carbonyl (C=O) groups excluding carboxylic acids is 1. The van der Waals surface area contributed by atoms with E-state index in [4.69, 9.17) is 4.74 Å². The molecule has 0 aliphatic heterocycles. The fourth-order valence-electron chi connectivity index (χ4n) is 1.79. The van der Waals surface area contributed by atoms with Gasteiger partial charge >= 0.3 is 0 Å². The lowest BCUT2D eigenvalue weighted by atomic mass is 10.2. The van der Waals surface area contributed by atoms with E-state index < -0.39 is 0 Å². The van der Waals surface area contributed by atoms with Crippen LogP contribution in [-0.4, -0.2) is 26.1 Å². The van der Waals surface area contributed by atoms with Crippen LogP contribution < -0.4 is 15.4 Å². The lowest BCUT2D eigenvalue weighted by Crippen LogP contribution is -2.22. The lowest BCUT2D eigenvalue weighted by Gasteiger charge is -2.10. The summed E-state index contributed by atoms with van der Waals surface area (Å²) in [5.41, 5.74) is 0.723. The minimum absolute atomic E-state index is 0.00694. The number of unbranched alkanes of at least 4 members (excludes halogenated alkanes) is 2. The van der Waals surface area contributed by atoms with Crippen molar-refractivity contribution in [2.75, 3.05) is 25.5 Å².